The van der Waals surface area contributed by atoms with Gasteiger partial charge in [-0.1, -0.05) is 36.4 Å². The summed E-state index contributed by atoms with van der Waals surface area (Å²) in [5.74, 6) is 1.29. The highest BCUT2D eigenvalue weighted by atomic mass is 32.1. The van der Waals surface area contributed by atoms with Crippen molar-refractivity contribution in [3.05, 3.63) is 100 Å². The Kier molecular flexibility index (Phi) is 4.07. The molecule has 0 saturated heterocycles. The van der Waals surface area contributed by atoms with Crippen molar-refractivity contribution in [3.63, 3.8) is 0 Å². The molecule has 31 heavy (non-hydrogen) atoms. The van der Waals surface area contributed by atoms with E-state index in [1.165, 1.54) is 0 Å². The molecule has 0 aliphatic carbocycles. The van der Waals surface area contributed by atoms with Crippen LogP contribution in [0.4, 0.5) is 0 Å². The topological polar surface area (TPSA) is 76.7 Å². The quantitative estimate of drug-likeness (QED) is 0.426. The zero-order valence-electron chi connectivity index (χ0n) is 16.3. The first-order valence-corrected chi connectivity index (χ1v) is 10.7. The molecule has 0 fully saturated rings. The molecule has 0 bridgehead atoms. The van der Waals surface area contributed by atoms with Crippen molar-refractivity contribution in [1.82, 2.24) is 19.5 Å². The fourth-order valence-electron chi connectivity index (χ4n) is 3.79. The predicted molar refractivity (Wildman–Crippen MR) is 121 cm³/mol. The Bertz CT molecular complexity index is 1530. The van der Waals surface area contributed by atoms with Gasteiger partial charge in [-0.15, -0.1) is 11.3 Å². The maximum absolute atomic E-state index is 13.2. The Labute approximate surface area is 180 Å². The third-order valence-electron chi connectivity index (χ3n) is 5.30. The van der Waals surface area contributed by atoms with Crippen LogP contribution >= 0.6 is 11.3 Å². The molecule has 1 N–H and O–H groups in total. The number of imidazole rings is 1. The van der Waals surface area contributed by atoms with E-state index in [0.717, 1.165) is 32.7 Å². The highest BCUT2D eigenvalue weighted by Gasteiger charge is 2.22. The summed E-state index contributed by atoms with van der Waals surface area (Å²) in [5, 5.41) is 0. The van der Waals surface area contributed by atoms with Gasteiger partial charge in [0, 0.05) is 11.8 Å². The molecule has 0 amide bonds. The zero-order valence-corrected chi connectivity index (χ0v) is 17.1. The largest absolute Gasteiger partial charge is 0.469 e. The van der Waals surface area contributed by atoms with Crippen molar-refractivity contribution in [2.75, 3.05) is 0 Å². The second-order valence-corrected chi connectivity index (χ2v) is 8.14. The van der Waals surface area contributed by atoms with Gasteiger partial charge in [-0.05, 0) is 29.8 Å². The van der Waals surface area contributed by atoms with E-state index in [-0.39, 0.29) is 5.56 Å². The Morgan fingerprint density at radius 1 is 1.03 bits per heavy atom. The fraction of sp³-hybridized carbons (Fsp3) is 0.0417. The molecular formula is C24H16N4O2S. The van der Waals surface area contributed by atoms with Crippen molar-refractivity contribution >= 4 is 21.6 Å². The Hall–Kier alpha value is -3.97. The third-order valence-corrected chi connectivity index (χ3v) is 6.11. The van der Waals surface area contributed by atoms with Crippen molar-refractivity contribution in [1.29, 1.82) is 0 Å². The van der Waals surface area contributed by atoms with Gasteiger partial charge in [0.1, 0.15) is 11.5 Å². The molecule has 2 aromatic heterocycles. The van der Waals surface area contributed by atoms with Crippen LogP contribution in [0.3, 0.4) is 0 Å². The summed E-state index contributed by atoms with van der Waals surface area (Å²) >= 11 is 1.60. The Balaban J connectivity index is 1.60. The normalized spacial score (nSPS) is 11.5. The van der Waals surface area contributed by atoms with Crippen LogP contribution in [0.15, 0.2) is 87.8 Å². The number of thiazole rings is 1. The van der Waals surface area contributed by atoms with E-state index in [1.54, 1.807) is 22.2 Å². The number of hydrogen-bond donors (Lipinski definition) is 1. The van der Waals surface area contributed by atoms with Crippen LogP contribution in [0.2, 0.25) is 0 Å². The first kappa shape index (κ1) is 17.9. The summed E-state index contributed by atoms with van der Waals surface area (Å²) in [6.07, 6.45) is 3.76. The van der Waals surface area contributed by atoms with Crippen molar-refractivity contribution in [2.45, 2.75) is 6.42 Å². The van der Waals surface area contributed by atoms with Gasteiger partial charge < -0.3 is 9.40 Å². The van der Waals surface area contributed by atoms with Gasteiger partial charge in [0.05, 0.1) is 39.8 Å². The van der Waals surface area contributed by atoms with Crippen LogP contribution in [0.25, 0.3) is 38.5 Å². The van der Waals surface area contributed by atoms with Gasteiger partial charge in [0.15, 0.2) is 5.82 Å². The van der Waals surface area contributed by atoms with Crippen LogP contribution in [0.1, 0.15) is 11.5 Å². The summed E-state index contributed by atoms with van der Waals surface area (Å²) in [4.78, 5) is 25.9. The van der Waals surface area contributed by atoms with Gasteiger partial charge in [-0.25, -0.2) is 9.97 Å². The molecule has 2 aliphatic heterocycles. The summed E-state index contributed by atoms with van der Waals surface area (Å²) in [6, 6.07) is 19.7. The lowest BCUT2D eigenvalue weighted by molar-refractivity contribution is 0.519. The minimum atomic E-state index is -0.145. The van der Waals surface area contributed by atoms with Crippen molar-refractivity contribution in [2.24, 2.45) is 0 Å². The van der Waals surface area contributed by atoms with Gasteiger partial charge in [-0.3, -0.25) is 9.36 Å². The van der Waals surface area contributed by atoms with E-state index < -0.39 is 0 Å². The maximum Gasteiger partial charge on any atom is 0.278 e. The van der Waals surface area contributed by atoms with Crippen LogP contribution in [-0.2, 0) is 6.42 Å². The number of fused-ring (bicyclic) bond motifs is 2. The molecule has 150 valence electrons. The summed E-state index contributed by atoms with van der Waals surface area (Å²) in [7, 11) is 0. The van der Waals surface area contributed by atoms with Crippen molar-refractivity contribution < 1.29 is 4.42 Å². The second kappa shape index (κ2) is 7.07. The first-order chi connectivity index (χ1) is 15.3. The lowest BCUT2D eigenvalue weighted by Gasteiger charge is -2.13. The van der Waals surface area contributed by atoms with E-state index in [1.807, 2.05) is 72.4 Å². The van der Waals surface area contributed by atoms with E-state index in [2.05, 4.69) is 9.97 Å². The number of hydrogen-bond acceptors (Lipinski definition) is 5. The zero-order chi connectivity index (χ0) is 20.8. The maximum atomic E-state index is 13.2. The number of H-pyrrole nitrogens is 1. The number of nitrogens with one attached hydrogen (secondary N) is 1. The number of rotatable bonds is 4. The van der Waals surface area contributed by atoms with Crippen LogP contribution in [-0.4, -0.2) is 19.5 Å². The van der Waals surface area contributed by atoms with Gasteiger partial charge >= 0.3 is 0 Å². The van der Waals surface area contributed by atoms with Gasteiger partial charge in [-0.2, -0.15) is 0 Å². The average molecular weight is 424 g/mol. The fourth-order valence-corrected chi connectivity index (χ4v) is 4.44. The molecule has 2 aromatic carbocycles. The molecule has 2 aliphatic rings. The molecule has 7 heteroatoms. The number of aromatic nitrogens is 4. The lowest BCUT2D eigenvalue weighted by Crippen LogP contribution is -2.16. The minimum Gasteiger partial charge on any atom is -0.469 e. The SMILES string of the molecule is O=c1c(Cc2ccco2)nc2c(-c3ccc4scnc4c3)[nH]c(-c3ccccc3)cn1-2. The van der Waals surface area contributed by atoms with E-state index in [9.17, 15) is 4.79 Å². The molecule has 4 aromatic rings. The number of benzene rings is 2. The standard InChI is InChI=1S/C24H16N4O2S/c29-24-19(12-17-7-4-10-30-17)27-23-22(16-8-9-21-18(11-16)25-14-31-21)26-20(13-28(23)24)15-5-2-1-3-6-15/h1-11,13-14,26H,12H2. The Morgan fingerprint density at radius 2 is 1.94 bits per heavy atom. The molecule has 0 spiro atoms. The third kappa shape index (κ3) is 3.06. The second-order valence-electron chi connectivity index (χ2n) is 7.26. The number of nitrogens with zero attached hydrogens (tertiary/aromatic N) is 3. The van der Waals surface area contributed by atoms with Gasteiger partial charge in [0.25, 0.3) is 5.56 Å². The molecule has 0 unspecified atom stereocenters. The molecular weight excluding hydrogens is 408 g/mol. The van der Waals surface area contributed by atoms with E-state index >= 15 is 0 Å². The highest BCUT2D eigenvalue weighted by molar-refractivity contribution is 7.16. The van der Waals surface area contributed by atoms with E-state index in [4.69, 9.17) is 9.40 Å². The van der Waals surface area contributed by atoms with Crippen LogP contribution in [0, 0.1) is 0 Å². The highest BCUT2D eigenvalue weighted by Crippen LogP contribution is 2.31. The number of aromatic amines is 1. The summed E-state index contributed by atoms with van der Waals surface area (Å²) < 4.78 is 8.17. The molecule has 0 saturated carbocycles. The minimum absolute atomic E-state index is 0.145. The van der Waals surface area contributed by atoms with Crippen LogP contribution in [0.5, 0.6) is 0 Å². The molecule has 4 heterocycles. The lowest BCUT2D eigenvalue weighted by atomic mass is 10.1. The average Bonchev–Trinajstić information content (AvgIpc) is 3.55. The number of furan rings is 1. The molecule has 0 radical (unpaired) electrons. The summed E-state index contributed by atoms with van der Waals surface area (Å²) in [5.41, 5.74) is 6.58. The van der Waals surface area contributed by atoms with Crippen LogP contribution < -0.4 is 5.56 Å². The Morgan fingerprint density at radius 3 is 2.77 bits per heavy atom. The molecule has 0 atom stereocenters. The predicted octanol–water partition coefficient (Wildman–Crippen LogP) is 5.13. The van der Waals surface area contributed by atoms with Crippen molar-refractivity contribution in [3.8, 4) is 28.3 Å². The summed E-state index contributed by atoms with van der Waals surface area (Å²) in [6.45, 7) is 0. The molecule has 6 nitrogen and oxygen atoms in total. The van der Waals surface area contributed by atoms with Gasteiger partial charge in [0.2, 0.25) is 0 Å². The first-order valence-electron chi connectivity index (χ1n) is 9.82. The van der Waals surface area contributed by atoms with E-state index in [0.29, 0.717) is 23.7 Å². The molecule has 6 rings (SSSR count). The monoisotopic (exact) mass is 424 g/mol. The smallest absolute Gasteiger partial charge is 0.278 e.